The Hall–Kier alpha value is -2.73. The van der Waals surface area contributed by atoms with Crippen LogP contribution in [0.5, 0.6) is 0 Å². The van der Waals surface area contributed by atoms with Gasteiger partial charge in [0.15, 0.2) is 0 Å². The molecule has 0 aliphatic carbocycles. The number of nitrogens with zero attached hydrogens (tertiary/aromatic N) is 1. The minimum Gasteiger partial charge on any atom is -0.365 e. The maximum atomic E-state index is 14.3. The normalized spacial score (nSPS) is 21.5. The van der Waals surface area contributed by atoms with Crippen molar-refractivity contribution in [1.82, 2.24) is 4.90 Å². The fourth-order valence-corrected chi connectivity index (χ4v) is 4.22. The summed E-state index contributed by atoms with van der Waals surface area (Å²) >= 11 is 0. The molecule has 30 heavy (non-hydrogen) atoms. The summed E-state index contributed by atoms with van der Waals surface area (Å²) < 4.78 is 20.0. The number of hydrogen-bond donors (Lipinski definition) is 1. The van der Waals surface area contributed by atoms with Crippen LogP contribution in [0.4, 0.5) is 10.1 Å². The number of rotatable bonds is 3. The maximum Gasteiger partial charge on any atom is 0.256 e. The number of carbonyl (C=O) groups is 2. The standard InChI is InChI=1S/C24H27FN2O3/c1-24(10-4-5-12-30-24)23(29)26-21-14-19(13-20(25)15-21)22(28)27-11-6-9-17-7-2-3-8-18(17)16-27/h2-3,7-8,13-15H,4-6,9-12,16H2,1H3,(H,26,29). The van der Waals surface area contributed by atoms with Gasteiger partial charge in [-0.25, -0.2) is 4.39 Å². The van der Waals surface area contributed by atoms with Crippen LogP contribution in [0.2, 0.25) is 0 Å². The molecule has 2 aromatic carbocycles. The molecule has 6 heteroatoms. The molecule has 158 valence electrons. The van der Waals surface area contributed by atoms with E-state index < -0.39 is 11.4 Å². The van der Waals surface area contributed by atoms with Crippen LogP contribution in [0.1, 0.15) is 54.1 Å². The second-order valence-corrected chi connectivity index (χ2v) is 8.32. The molecule has 1 fully saturated rings. The lowest BCUT2D eigenvalue weighted by molar-refractivity contribution is -0.144. The largest absolute Gasteiger partial charge is 0.365 e. The monoisotopic (exact) mass is 410 g/mol. The van der Waals surface area contributed by atoms with Gasteiger partial charge in [0.2, 0.25) is 0 Å². The quantitative estimate of drug-likeness (QED) is 0.820. The lowest BCUT2D eigenvalue weighted by Crippen LogP contribution is -2.45. The van der Waals surface area contributed by atoms with E-state index in [0.29, 0.717) is 26.1 Å². The predicted molar refractivity (Wildman–Crippen MR) is 113 cm³/mol. The molecule has 0 radical (unpaired) electrons. The summed E-state index contributed by atoms with van der Waals surface area (Å²) in [5.41, 5.74) is 1.95. The highest BCUT2D eigenvalue weighted by Crippen LogP contribution is 2.27. The molecule has 0 aromatic heterocycles. The Kier molecular flexibility index (Phi) is 5.86. The van der Waals surface area contributed by atoms with Gasteiger partial charge in [-0.2, -0.15) is 0 Å². The predicted octanol–water partition coefficient (Wildman–Crippen LogP) is 4.31. The summed E-state index contributed by atoms with van der Waals surface area (Å²) in [5.74, 6) is -1.10. The smallest absolute Gasteiger partial charge is 0.256 e. The Morgan fingerprint density at radius 1 is 1.10 bits per heavy atom. The van der Waals surface area contributed by atoms with Crippen LogP contribution in [0.3, 0.4) is 0 Å². The fraction of sp³-hybridized carbons (Fsp3) is 0.417. The number of carbonyl (C=O) groups excluding carboxylic acids is 2. The van der Waals surface area contributed by atoms with Crippen molar-refractivity contribution in [2.75, 3.05) is 18.5 Å². The molecule has 2 aromatic rings. The van der Waals surface area contributed by atoms with Crippen molar-refractivity contribution < 1.29 is 18.7 Å². The number of amides is 2. The summed E-state index contributed by atoms with van der Waals surface area (Å²) in [5, 5.41) is 2.74. The Balaban J connectivity index is 1.53. The topological polar surface area (TPSA) is 58.6 Å². The summed E-state index contributed by atoms with van der Waals surface area (Å²) in [6, 6.07) is 12.1. The first-order chi connectivity index (χ1) is 14.4. The molecular formula is C24H27FN2O3. The first-order valence-corrected chi connectivity index (χ1v) is 10.6. The van der Waals surface area contributed by atoms with E-state index in [1.54, 1.807) is 17.9 Å². The zero-order chi connectivity index (χ0) is 21.1. The first kappa shape index (κ1) is 20.5. The molecule has 1 unspecified atom stereocenters. The molecular weight excluding hydrogens is 383 g/mol. The van der Waals surface area contributed by atoms with Crippen molar-refractivity contribution in [1.29, 1.82) is 0 Å². The number of fused-ring (bicyclic) bond motifs is 1. The Bertz CT molecular complexity index is 953. The Morgan fingerprint density at radius 2 is 1.90 bits per heavy atom. The SMILES string of the molecule is CC1(C(=O)Nc2cc(F)cc(C(=O)N3CCCc4ccccc4C3)c2)CCCCO1. The fourth-order valence-electron chi connectivity index (χ4n) is 4.22. The lowest BCUT2D eigenvalue weighted by Gasteiger charge is -2.32. The second kappa shape index (κ2) is 8.56. The molecule has 2 aliphatic heterocycles. The zero-order valence-electron chi connectivity index (χ0n) is 17.2. The van der Waals surface area contributed by atoms with Gasteiger partial charge in [-0.3, -0.25) is 9.59 Å². The number of nitrogens with one attached hydrogen (secondary N) is 1. The van der Waals surface area contributed by atoms with Crippen molar-refractivity contribution in [3.63, 3.8) is 0 Å². The molecule has 2 aliphatic rings. The number of halogens is 1. The molecule has 0 saturated carbocycles. The van der Waals surface area contributed by atoms with Crippen LogP contribution in [-0.2, 0) is 22.5 Å². The molecule has 0 bridgehead atoms. The highest BCUT2D eigenvalue weighted by Gasteiger charge is 2.36. The van der Waals surface area contributed by atoms with Crippen LogP contribution in [0.15, 0.2) is 42.5 Å². The third-order valence-electron chi connectivity index (χ3n) is 5.99. The van der Waals surface area contributed by atoms with Crippen LogP contribution < -0.4 is 5.32 Å². The van der Waals surface area contributed by atoms with Gasteiger partial charge in [-0.15, -0.1) is 0 Å². The summed E-state index contributed by atoms with van der Waals surface area (Å²) in [6.45, 7) is 3.39. The minimum atomic E-state index is -0.927. The molecule has 4 rings (SSSR count). The Morgan fingerprint density at radius 3 is 2.67 bits per heavy atom. The lowest BCUT2D eigenvalue weighted by atomic mass is 9.95. The number of ether oxygens (including phenoxy) is 1. The Labute approximate surface area is 176 Å². The highest BCUT2D eigenvalue weighted by molar-refractivity contribution is 5.99. The average Bonchev–Trinajstić information content (AvgIpc) is 2.96. The number of anilines is 1. The van der Waals surface area contributed by atoms with Crippen molar-refractivity contribution in [3.05, 3.63) is 65.0 Å². The second-order valence-electron chi connectivity index (χ2n) is 8.32. The molecule has 5 nitrogen and oxygen atoms in total. The van der Waals surface area contributed by atoms with Gasteiger partial charge >= 0.3 is 0 Å². The van der Waals surface area contributed by atoms with E-state index in [9.17, 15) is 14.0 Å². The highest BCUT2D eigenvalue weighted by atomic mass is 19.1. The number of aryl methyl sites for hydroxylation is 1. The van der Waals surface area contributed by atoms with Gasteiger partial charge in [-0.1, -0.05) is 24.3 Å². The molecule has 1 saturated heterocycles. The van der Waals surface area contributed by atoms with Crippen molar-refractivity contribution in [2.45, 2.75) is 51.2 Å². The maximum absolute atomic E-state index is 14.3. The van der Waals surface area contributed by atoms with Crippen molar-refractivity contribution >= 4 is 17.5 Å². The summed E-state index contributed by atoms with van der Waals surface area (Å²) in [6.07, 6.45) is 4.24. The van der Waals surface area contributed by atoms with E-state index in [2.05, 4.69) is 11.4 Å². The zero-order valence-corrected chi connectivity index (χ0v) is 17.2. The summed E-state index contributed by atoms with van der Waals surface area (Å²) in [4.78, 5) is 27.6. The third kappa shape index (κ3) is 4.38. The van der Waals surface area contributed by atoms with Gasteiger partial charge in [0.1, 0.15) is 11.4 Å². The minimum absolute atomic E-state index is 0.234. The molecule has 1 atom stereocenters. The van der Waals surface area contributed by atoms with Crippen LogP contribution in [0.25, 0.3) is 0 Å². The van der Waals surface area contributed by atoms with Crippen LogP contribution >= 0.6 is 0 Å². The third-order valence-corrected chi connectivity index (χ3v) is 5.99. The first-order valence-electron chi connectivity index (χ1n) is 10.6. The van der Waals surface area contributed by atoms with E-state index in [-0.39, 0.29) is 23.1 Å². The van der Waals surface area contributed by atoms with E-state index in [1.165, 1.54) is 17.7 Å². The van der Waals surface area contributed by atoms with Gasteiger partial charge in [0, 0.05) is 30.9 Å². The molecule has 2 amide bonds. The van der Waals surface area contributed by atoms with Crippen molar-refractivity contribution in [3.8, 4) is 0 Å². The van der Waals surface area contributed by atoms with Crippen LogP contribution in [-0.4, -0.2) is 35.5 Å². The molecule has 1 N–H and O–H groups in total. The van der Waals surface area contributed by atoms with E-state index in [0.717, 1.165) is 31.2 Å². The van der Waals surface area contributed by atoms with Gasteiger partial charge in [0.05, 0.1) is 0 Å². The van der Waals surface area contributed by atoms with E-state index in [1.807, 2.05) is 18.2 Å². The van der Waals surface area contributed by atoms with Gasteiger partial charge in [0.25, 0.3) is 11.8 Å². The molecule has 2 heterocycles. The van der Waals surface area contributed by atoms with Crippen molar-refractivity contribution in [2.24, 2.45) is 0 Å². The van der Waals surface area contributed by atoms with Gasteiger partial charge in [-0.05, 0) is 68.4 Å². The van der Waals surface area contributed by atoms with Crippen LogP contribution in [0, 0.1) is 5.82 Å². The molecule has 0 spiro atoms. The number of benzene rings is 2. The van der Waals surface area contributed by atoms with Gasteiger partial charge < -0.3 is 15.0 Å². The number of hydrogen-bond acceptors (Lipinski definition) is 3. The summed E-state index contributed by atoms with van der Waals surface area (Å²) in [7, 11) is 0. The van der Waals surface area contributed by atoms with E-state index in [4.69, 9.17) is 4.74 Å². The van der Waals surface area contributed by atoms with E-state index >= 15 is 0 Å². The average molecular weight is 410 g/mol.